The molecule has 0 saturated carbocycles. The van der Waals surface area contributed by atoms with Crippen LogP contribution in [0.2, 0.25) is 0 Å². The number of nitrogens with one attached hydrogen (secondary N) is 2. The number of urea groups is 1. The number of carbonyl (C=O) groups excluding carboxylic acids is 1. The first kappa shape index (κ1) is 14.9. The molecular formula is C10H13N3O5S. The summed E-state index contributed by atoms with van der Waals surface area (Å²) in [6.07, 6.45) is 0.975. The van der Waals surface area contributed by atoms with E-state index in [2.05, 4.69) is 15.6 Å². The van der Waals surface area contributed by atoms with Crippen LogP contribution in [0.3, 0.4) is 0 Å². The predicted molar refractivity (Wildman–Crippen MR) is 65.9 cm³/mol. The molecule has 1 aromatic rings. The number of aliphatic carboxylic acids is 2. The SMILES string of the molecule is Cc1cnc(CNC(=O)N[C@H](CC(=O)O)C(=O)O)s1. The highest BCUT2D eigenvalue weighted by molar-refractivity contribution is 7.11. The van der Waals surface area contributed by atoms with Crippen molar-refractivity contribution in [3.05, 3.63) is 16.1 Å². The van der Waals surface area contributed by atoms with Crippen molar-refractivity contribution in [2.75, 3.05) is 0 Å². The Kier molecular flexibility index (Phi) is 5.24. The number of amides is 2. The maximum Gasteiger partial charge on any atom is 0.326 e. The van der Waals surface area contributed by atoms with E-state index in [0.717, 1.165) is 4.88 Å². The summed E-state index contributed by atoms with van der Waals surface area (Å²) in [7, 11) is 0. The van der Waals surface area contributed by atoms with Crippen LogP contribution in [0.15, 0.2) is 6.20 Å². The van der Waals surface area contributed by atoms with Crippen molar-refractivity contribution in [2.24, 2.45) is 0 Å². The Bertz CT molecular complexity index is 487. The van der Waals surface area contributed by atoms with Gasteiger partial charge >= 0.3 is 18.0 Å². The van der Waals surface area contributed by atoms with Gasteiger partial charge in [-0.15, -0.1) is 11.3 Å². The van der Waals surface area contributed by atoms with Gasteiger partial charge in [-0.1, -0.05) is 0 Å². The Morgan fingerprint density at radius 1 is 1.42 bits per heavy atom. The smallest absolute Gasteiger partial charge is 0.326 e. The number of hydrogen-bond acceptors (Lipinski definition) is 5. The van der Waals surface area contributed by atoms with E-state index in [-0.39, 0.29) is 6.54 Å². The van der Waals surface area contributed by atoms with Gasteiger partial charge in [-0.25, -0.2) is 14.6 Å². The summed E-state index contributed by atoms with van der Waals surface area (Å²) in [5.74, 6) is -2.70. The third kappa shape index (κ3) is 5.34. The second kappa shape index (κ2) is 6.69. The van der Waals surface area contributed by atoms with Crippen LogP contribution in [0.5, 0.6) is 0 Å². The monoisotopic (exact) mass is 287 g/mol. The van der Waals surface area contributed by atoms with Gasteiger partial charge in [0.2, 0.25) is 0 Å². The maximum absolute atomic E-state index is 11.4. The molecule has 2 amide bonds. The third-order valence-electron chi connectivity index (χ3n) is 2.05. The van der Waals surface area contributed by atoms with Crippen molar-refractivity contribution in [1.29, 1.82) is 0 Å². The molecule has 0 spiro atoms. The van der Waals surface area contributed by atoms with Crippen molar-refractivity contribution >= 4 is 29.3 Å². The van der Waals surface area contributed by atoms with Gasteiger partial charge in [-0.3, -0.25) is 4.79 Å². The number of nitrogens with zero attached hydrogens (tertiary/aromatic N) is 1. The van der Waals surface area contributed by atoms with Gasteiger partial charge in [-0.05, 0) is 6.92 Å². The standard InChI is InChI=1S/C10H13N3O5S/c1-5-3-11-7(19-5)4-12-10(18)13-6(9(16)17)2-8(14)15/h3,6H,2,4H2,1H3,(H,14,15)(H,16,17)(H2,12,13,18)/t6-/m1/s1. The van der Waals surface area contributed by atoms with Crippen LogP contribution in [-0.2, 0) is 16.1 Å². The second-order valence-electron chi connectivity index (χ2n) is 3.68. The van der Waals surface area contributed by atoms with Crippen LogP contribution in [0.1, 0.15) is 16.3 Å². The fraction of sp³-hybridized carbons (Fsp3) is 0.400. The largest absolute Gasteiger partial charge is 0.481 e. The maximum atomic E-state index is 11.4. The van der Waals surface area contributed by atoms with Gasteiger partial charge in [0.1, 0.15) is 11.0 Å². The first-order valence-corrected chi connectivity index (χ1v) is 6.10. The first-order valence-electron chi connectivity index (χ1n) is 5.28. The average molecular weight is 287 g/mol. The molecule has 1 heterocycles. The molecule has 0 fully saturated rings. The quantitative estimate of drug-likeness (QED) is 0.590. The number of thiazole rings is 1. The molecule has 0 aliphatic heterocycles. The van der Waals surface area contributed by atoms with Crippen LogP contribution < -0.4 is 10.6 Å². The zero-order valence-electron chi connectivity index (χ0n) is 10.0. The van der Waals surface area contributed by atoms with E-state index >= 15 is 0 Å². The van der Waals surface area contributed by atoms with Crippen LogP contribution in [0.4, 0.5) is 4.79 Å². The zero-order chi connectivity index (χ0) is 14.4. The highest BCUT2D eigenvalue weighted by Gasteiger charge is 2.22. The Hall–Kier alpha value is -2.16. The van der Waals surface area contributed by atoms with E-state index in [0.29, 0.717) is 5.01 Å². The molecule has 1 atom stereocenters. The number of hydrogen-bond donors (Lipinski definition) is 4. The third-order valence-corrected chi connectivity index (χ3v) is 2.96. The highest BCUT2D eigenvalue weighted by Crippen LogP contribution is 2.10. The van der Waals surface area contributed by atoms with Gasteiger partial charge in [-0.2, -0.15) is 0 Å². The normalized spacial score (nSPS) is 11.6. The van der Waals surface area contributed by atoms with Crippen molar-refractivity contribution in [1.82, 2.24) is 15.6 Å². The molecular weight excluding hydrogens is 274 g/mol. The molecule has 9 heteroatoms. The van der Waals surface area contributed by atoms with Crippen LogP contribution >= 0.6 is 11.3 Å². The summed E-state index contributed by atoms with van der Waals surface area (Å²) in [6, 6.07) is -2.21. The van der Waals surface area contributed by atoms with Crippen molar-refractivity contribution in [3.8, 4) is 0 Å². The molecule has 0 bridgehead atoms. The van der Waals surface area contributed by atoms with E-state index < -0.39 is 30.4 Å². The van der Waals surface area contributed by atoms with E-state index in [4.69, 9.17) is 10.2 Å². The van der Waals surface area contributed by atoms with Crippen LogP contribution in [0, 0.1) is 6.92 Å². The summed E-state index contributed by atoms with van der Waals surface area (Å²) in [6.45, 7) is 2.03. The number of aromatic nitrogens is 1. The molecule has 8 nitrogen and oxygen atoms in total. The van der Waals surface area contributed by atoms with Crippen LogP contribution in [-0.4, -0.2) is 39.2 Å². The summed E-state index contributed by atoms with van der Waals surface area (Å²) in [5, 5.41) is 22.4. The number of rotatable bonds is 6. The molecule has 0 radical (unpaired) electrons. The molecule has 0 aliphatic rings. The number of aryl methyl sites for hydroxylation is 1. The Morgan fingerprint density at radius 3 is 2.58 bits per heavy atom. The van der Waals surface area contributed by atoms with Gasteiger partial charge < -0.3 is 20.8 Å². The van der Waals surface area contributed by atoms with E-state index in [1.165, 1.54) is 11.3 Å². The highest BCUT2D eigenvalue weighted by atomic mass is 32.1. The number of carboxylic acid groups (broad SMARTS) is 2. The molecule has 0 unspecified atom stereocenters. The summed E-state index contributed by atoms with van der Waals surface area (Å²) in [5.41, 5.74) is 0. The van der Waals surface area contributed by atoms with E-state index in [1.807, 2.05) is 6.92 Å². The summed E-state index contributed by atoms with van der Waals surface area (Å²) >= 11 is 1.40. The molecule has 1 aromatic heterocycles. The number of carbonyl (C=O) groups is 3. The van der Waals surface area contributed by atoms with Gasteiger partial charge in [0.15, 0.2) is 0 Å². The van der Waals surface area contributed by atoms with Crippen molar-refractivity contribution in [2.45, 2.75) is 25.9 Å². The molecule has 0 aromatic carbocycles. The van der Waals surface area contributed by atoms with Crippen molar-refractivity contribution < 1.29 is 24.6 Å². The Balaban J connectivity index is 2.44. The lowest BCUT2D eigenvalue weighted by Gasteiger charge is -2.12. The lowest BCUT2D eigenvalue weighted by atomic mass is 10.2. The van der Waals surface area contributed by atoms with Gasteiger partial charge in [0.25, 0.3) is 0 Å². The number of carboxylic acids is 2. The minimum atomic E-state index is -1.46. The summed E-state index contributed by atoms with van der Waals surface area (Å²) < 4.78 is 0. The molecule has 19 heavy (non-hydrogen) atoms. The lowest BCUT2D eigenvalue weighted by Crippen LogP contribution is -2.46. The zero-order valence-corrected chi connectivity index (χ0v) is 10.9. The second-order valence-corrected chi connectivity index (χ2v) is 5.00. The molecule has 0 aliphatic carbocycles. The molecule has 1 rings (SSSR count). The van der Waals surface area contributed by atoms with Crippen molar-refractivity contribution in [3.63, 3.8) is 0 Å². The van der Waals surface area contributed by atoms with Gasteiger partial charge in [0, 0.05) is 11.1 Å². The lowest BCUT2D eigenvalue weighted by molar-refractivity contribution is -0.145. The van der Waals surface area contributed by atoms with E-state index in [9.17, 15) is 14.4 Å². The fourth-order valence-electron chi connectivity index (χ4n) is 1.22. The minimum absolute atomic E-state index is 0.156. The predicted octanol–water partition coefficient (Wildman–Crippen LogP) is 0.179. The summed E-state index contributed by atoms with van der Waals surface area (Å²) in [4.78, 5) is 37.6. The van der Waals surface area contributed by atoms with E-state index in [1.54, 1.807) is 6.20 Å². The molecule has 4 N–H and O–H groups in total. The van der Waals surface area contributed by atoms with Gasteiger partial charge in [0.05, 0.1) is 13.0 Å². The minimum Gasteiger partial charge on any atom is -0.481 e. The fourth-order valence-corrected chi connectivity index (χ4v) is 1.95. The Morgan fingerprint density at radius 2 is 2.11 bits per heavy atom. The Labute approximate surface area is 112 Å². The molecule has 104 valence electrons. The molecule has 0 saturated heterocycles. The first-order chi connectivity index (χ1) is 8.88. The topological polar surface area (TPSA) is 129 Å². The average Bonchev–Trinajstić information content (AvgIpc) is 2.71. The van der Waals surface area contributed by atoms with Crippen LogP contribution in [0.25, 0.3) is 0 Å².